The van der Waals surface area contributed by atoms with Crippen LogP contribution in [0.15, 0.2) is 54.8 Å². The van der Waals surface area contributed by atoms with Crippen molar-refractivity contribution >= 4 is 5.97 Å². The Labute approximate surface area is 143 Å². The number of ether oxygens (including phenoxy) is 2. The topological polar surface area (TPSA) is 35.5 Å². The number of carbonyl (C=O) groups is 1. The molecule has 0 fully saturated rings. The molecule has 0 radical (unpaired) electrons. The number of esters is 1. The Kier molecular flexibility index (Phi) is 6.62. The number of hydrogen-bond donors (Lipinski definition) is 0. The maximum atomic E-state index is 13.8. The molecule has 2 aromatic rings. The fraction of sp³-hybridized carbons (Fsp3) is 0.211. The molecule has 2 rings (SSSR count). The number of hydrogen-bond acceptors (Lipinski definition) is 3. The van der Waals surface area contributed by atoms with Gasteiger partial charge in [-0.3, -0.25) is 0 Å². The lowest BCUT2D eigenvalue weighted by molar-refractivity contribution is 0.0734. The van der Waals surface area contributed by atoms with Gasteiger partial charge in [-0.25, -0.2) is 18.0 Å². The molecule has 0 heterocycles. The quantitative estimate of drug-likeness (QED) is 0.393. The third kappa shape index (κ3) is 5.67. The van der Waals surface area contributed by atoms with Crippen molar-refractivity contribution in [2.45, 2.75) is 26.2 Å². The standard InChI is InChI=1S/C19H17F3O3/c1-2-3-13-4-6-14(7-5-13)19(23)25-15-8-9-17(16(20)12-15)24-11-10-18(21)22/h4-12,18H,2-3H2,1H3/b11-10+. The van der Waals surface area contributed by atoms with E-state index in [1.807, 2.05) is 12.1 Å². The monoisotopic (exact) mass is 350 g/mol. The van der Waals surface area contributed by atoms with Crippen molar-refractivity contribution in [3.05, 3.63) is 71.7 Å². The van der Waals surface area contributed by atoms with E-state index in [4.69, 9.17) is 9.47 Å². The van der Waals surface area contributed by atoms with Gasteiger partial charge in [0.25, 0.3) is 6.43 Å². The third-order valence-corrected chi connectivity index (χ3v) is 3.26. The molecule has 0 aromatic heterocycles. The van der Waals surface area contributed by atoms with Crippen LogP contribution in [0.4, 0.5) is 13.2 Å². The molecule has 0 spiro atoms. The van der Waals surface area contributed by atoms with Crippen LogP contribution >= 0.6 is 0 Å². The predicted octanol–water partition coefficient (Wildman–Crippen LogP) is 5.16. The van der Waals surface area contributed by atoms with Gasteiger partial charge in [0.05, 0.1) is 11.8 Å². The summed E-state index contributed by atoms with van der Waals surface area (Å²) in [5.74, 6) is -1.71. The van der Waals surface area contributed by atoms with Crippen molar-refractivity contribution in [1.29, 1.82) is 0 Å². The van der Waals surface area contributed by atoms with Crippen LogP contribution in [0.1, 0.15) is 29.3 Å². The van der Waals surface area contributed by atoms with E-state index >= 15 is 0 Å². The van der Waals surface area contributed by atoms with E-state index in [-0.39, 0.29) is 11.5 Å². The molecule has 0 unspecified atom stereocenters. The second-order valence-electron chi connectivity index (χ2n) is 5.21. The first kappa shape index (κ1) is 18.6. The van der Waals surface area contributed by atoms with Gasteiger partial charge < -0.3 is 9.47 Å². The summed E-state index contributed by atoms with van der Waals surface area (Å²) in [7, 11) is 0. The predicted molar refractivity (Wildman–Crippen MR) is 87.6 cm³/mol. The molecule has 3 nitrogen and oxygen atoms in total. The summed E-state index contributed by atoms with van der Waals surface area (Å²) in [4.78, 5) is 12.1. The van der Waals surface area contributed by atoms with Crippen molar-refractivity contribution in [2.24, 2.45) is 0 Å². The van der Waals surface area contributed by atoms with E-state index in [0.717, 1.165) is 24.5 Å². The number of aryl methyl sites for hydroxylation is 1. The molecule has 0 bridgehead atoms. The van der Waals surface area contributed by atoms with Crippen molar-refractivity contribution in [3.8, 4) is 11.5 Å². The van der Waals surface area contributed by atoms with Crippen molar-refractivity contribution in [2.75, 3.05) is 0 Å². The highest BCUT2D eigenvalue weighted by Crippen LogP contribution is 2.24. The van der Waals surface area contributed by atoms with Crippen LogP contribution in [-0.2, 0) is 6.42 Å². The van der Waals surface area contributed by atoms with Gasteiger partial charge >= 0.3 is 5.97 Å². The van der Waals surface area contributed by atoms with Crippen LogP contribution in [0.5, 0.6) is 11.5 Å². The highest BCUT2D eigenvalue weighted by molar-refractivity contribution is 5.91. The lowest BCUT2D eigenvalue weighted by Gasteiger charge is -2.07. The first-order chi connectivity index (χ1) is 12.0. The zero-order valence-electron chi connectivity index (χ0n) is 13.5. The minimum Gasteiger partial charge on any atom is -0.462 e. The van der Waals surface area contributed by atoms with Crippen LogP contribution in [0.25, 0.3) is 0 Å². The average Bonchev–Trinajstić information content (AvgIpc) is 2.57. The molecule has 0 aliphatic rings. The fourth-order valence-corrected chi connectivity index (χ4v) is 2.07. The van der Waals surface area contributed by atoms with E-state index < -0.39 is 18.2 Å². The first-order valence-corrected chi connectivity index (χ1v) is 7.71. The third-order valence-electron chi connectivity index (χ3n) is 3.26. The summed E-state index contributed by atoms with van der Waals surface area (Å²) in [5.41, 5.74) is 1.46. The number of alkyl halides is 2. The Morgan fingerprint density at radius 1 is 1.16 bits per heavy atom. The second kappa shape index (κ2) is 8.92. The number of halogens is 3. The summed E-state index contributed by atoms with van der Waals surface area (Å²) in [5, 5.41) is 0. The number of carbonyl (C=O) groups excluding carboxylic acids is 1. The van der Waals surface area contributed by atoms with Crippen LogP contribution in [0.2, 0.25) is 0 Å². The van der Waals surface area contributed by atoms with Crippen LogP contribution in [0, 0.1) is 5.82 Å². The summed E-state index contributed by atoms with van der Waals surface area (Å²) >= 11 is 0. The van der Waals surface area contributed by atoms with Gasteiger partial charge in [0.1, 0.15) is 5.75 Å². The zero-order valence-corrected chi connectivity index (χ0v) is 13.5. The Bertz CT molecular complexity index is 740. The van der Waals surface area contributed by atoms with Gasteiger partial charge in [-0.2, -0.15) is 0 Å². The first-order valence-electron chi connectivity index (χ1n) is 7.71. The molecule has 25 heavy (non-hydrogen) atoms. The largest absolute Gasteiger partial charge is 0.462 e. The van der Waals surface area contributed by atoms with Gasteiger partial charge in [-0.05, 0) is 36.2 Å². The molecule has 0 saturated heterocycles. The average molecular weight is 350 g/mol. The highest BCUT2D eigenvalue weighted by Gasteiger charge is 2.11. The van der Waals surface area contributed by atoms with Crippen molar-refractivity contribution in [3.63, 3.8) is 0 Å². The molecule has 132 valence electrons. The van der Waals surface area contributed by atoms with Crippen LogP contribution in [0.3, 0.4) is 0 Å². The second-order valence-corrected chi connectivity index (χ2v) is 5.21. The molecule has 6 heteroatoms. The summed E-state index contributed by atoms with van der Waals surface area (Å²) < 4.78 is 47.6. The minimum absolute atomic E-state index is 0.00896. The fourth-order valence-electron chi connectivity index (χ4n) is 2.07. The lowest BCUT2D eigenvalue weighted by Crippen LogP contribution is -2.08. The van der Waals surface area contributed by atoms with E-state index in [1.54, 1.807) is 12.1 Å². The van der Waals surface area contributed by atoms with Crippen molar-refractivity contribution in [1.82, 2.24) is 0 Å². The maximum absolute atomic E-state index is 13.8. The van der Waals surface area contributed by atoms with Gasteiger partial charge in [-0.15, -0.1) is 0 Å². The van der Waals surface area contributed by atoms with Crippen LogP contribution < -0.4 is 9.47 Å². The molecular formula is C19H17F3O3. The van der Waals surface area contributed by atoms with E-state index in [0.29, 0.717) is 17.9 Å². The van der Waals surface area contributed by atoms with Crippen LogP contribution in [-0.4, -0.2) is 12.4 Å². The SMILES string of the molecule is CCCc1ccc(C(=O)Oc2ccc(O/C=C/C(F)F)c(F)c2)cc1. The van der Waals surface area contributed by atoms with Crippen molar-refractivity contribution < 1.29 is 27.4 Å². The Morgan fingerprint density at radius 2 is 1.88 bits per heavy atom. The highest BCUT2D eigenvalue weighted by atomic mass is 19.3. The van der Waals surface area contributed by atoms with Gasteiger partial charge in [0.15, 0.2) is 11.6 Å². The molecule has 0 atom stereocenters. The normalized spacial score (nSPS) is 11.1. The number of allylic oxidation sites excluding steroid dienone is 1. The summed E-state index contributed by atoms with van der Waals surface area (Å²) in [6.45, 7) is 2.06. The molecule has 2 aromatic carbocycles. The number of rotatable bonds is 7. The van der Waals surface area contributed by atoms with Gasteiger partial charge in [0, 0.05) is 12.1 Å². The molecule has 0 aliphatic carbocycles. The summed E-state index contributed by atoms with van der Waals surface area (Å²) in [6, 6.07) is 10.4. The Hall–Kier alpha value is -2.76. The lowest BCUT2D eigenvalue weighted by atomic mass is 10.1. The Balaban J connectivity index is 2.02. The number of benzene rings is 2. The van der Waals surface area contributed by atoms with E-state index in [2.05, 4.69) is 6.92 Å². The van der Waals surface area contributed by atoms with Gasteiger partial charge in [0.2, 0.25) is 0 Å². The Morgan fingerprint density at radius 3 is 2.48 bits per heavy atom. The minimum atomic E-state index is -2.69. The molecule has 0 amide bonds. The molecule has 0 N–H and O–H groups in total. The van der Waals surface area contributed by atoms with E-state index in [9.17, 15) is 18.0 Å². The zero-order chi connectivity index (χ0) is 18.2. The summed E-state index contributed by atoms with van der Waals surface area (Å²) in [6.07, 6.45) is 0.417. The smallest absolute Gasteiger partial charge is 0.343 e. The van der Waals surface area contributed by atoms with Gasteiger partial charge in [-0.1, -0.05) is 25.5 Å². The molecule has 0 saturated carbocycles. The molecular weight excluding hydrogens is 333 g/mol. The maximum Gasteiger partial charge on any atom is 0.343 e. The molecule has 0 aliphatic heterocycles. The van der Waals surface area contributed by atoms with E-state index in [1.165, 1.54) is 12.1 Å².